The summed E-state index contributed by atoms with van der Waals surface area (Å²) in [6, 6.07) is 16.2. The van der Waals surface area contributed by atoms with Gasteiger partial charge >= 0.3 is 5.63 Å². The molecule has 3 heterocycles. The van der Waals surface area contributed by atoms with Gasteiger partial charge in [0.05, 0.1) is 6.61 Å². The highest BCUT2D eigenvalue weighted by molar-refractivity contribution is 5.80. The van der Waals surface area contributed by atoms with E-state index in [9.17, 15) is 9.90 Å². The molecule has 168 valence electrons. The number of benzene rings is 2. The maximum absolute atomic E-state index is 11.9. The van der Waals surface area contributed by atoms with Gasteiger partial charge < -0.3 is 33.8 Å². The number of hydrogen-bond acceptors (Lipinski definition) is 8. The van der Waals surface area contributed by atoms with Crippen molar-refractivity contribution in [1.29, 1.82) is 0 Å². The summed E-state index contributed by atoms with van der Waals surface area (Å²) in [5.74, 6) is 0. The molecule has 2 fully saturated rings. The fraction of sp³-hybridized carbons (Fsp3) is 0.375. The Morgan fingerprint density at radius 1 is 1.09 bits per heavy atom. The van der Waals surface area contributed by atoms with E-state index in [2.05, 4.69) is 5.32 Å². The molecule has 8 nitrogen and oxygen atoms in total. The van der Waals surface area contributed by atoms with Gasteiger partial charge in [0.15, 0.2) is 12.6 Å². The molecule has 1 aromatic heterocycles. The molecule has 2 aliphatic rings. The van der Waals surface area contributed by atoms with Crippen molar-refractivity contribution >= 4 is 16.7 Å². The van der Waals surface area contributed by atoms with Gasteiger partial charge in [-0.3, -0.25) is 0 Å². The smallest absolute Gasteiger partial charge is 0.339 e. The van der Waals surface area contributed by atoms with Crippen LogP contribution in [-0.4, -0.2) is 49.5 Å². The van der Waals surface area contributed by atoms with Gasteiger partial charge in [-0.2, -0.15) is 0 Å². The van der Waals surface area contributed by atoms with E-state index in [1.165, 1.54) is 7.11 Å². The first-order valence-corrected chi connectivity index (χ1v) is 10.5. The number of nitrogens with one attached hydrogen (secondary N) is 1. The second kappa shape index (κ2) is 8.65. The van der Waals surface area contributed by atoms with E-state index >= 15 is 0 Å². The zero-order chi connectivity index (χ0) is 22.2. The Kier molecular flexibility index (Phi) is 5.71. The van der Waals surface area contributed by atoms with E-state index in [0.717, 1.165) is 10.9 Å². The molecule has 6 atom stereocenters. The molecular weight excluding hydrogens is 414 g/mol. The SMILES string of the molecule is CO[C@H]1OC2COC(c3ccccc3)O[C@H]2[C@H](O)C1Nc1ccc2cc(C)c(=O)oc2c1. The van der Waals surface area contributed by atoms with Crippen molar-refractivity contribution in [2.75, 3.05) is 19.0 Å². The number of rotatable bonds is 4. The average Bonchev–Trinajstić information content (AvgIpc) is 2.82. The van der Waals surface area contributed by atoms with Crippen LogP contribution in [0.25, 0.3) is 11.0 Å². The molecule has 8 heteroatoms. The predicted molar refractivity (Wildman–Crippen MR) is 116 cm³/mol. The number of hydrogen-bond donors (Lipinski definition) is 2. The van der Waals surface area contributed by atoms with Crippen LogP contribution in [0.15, 0.2) is 63.8 Å². The Bertz CT molecular complexity index is 1150. The summed E-state index contributed by atoms with van der Waals surface area (Å²) in [6.07, 6.45) is -3.33. The van der Waals surface area contributed by atoms with E-state index in [1.807, 2.05) is 42.5 Å². The van der Waals surface area contributed by atoms with Crippen molar-refractivity contribution in [2.24, 2.45) is 0 Å². The summed E-state index contributed by atoms with van der Waals surface area (Å²) >= 11 is 0. The van der Waals surface area contributed by atoms with Crippen LogP contribution < -0.4 is 10.9 Å². The molecule has 2 aliphatic heterocycles. The lowest BCUT2D eigenvalue weighted by Crippen LogP contribution is -2.64. The molecular formula is C24H25NO7. The van der Waals surface area contributed by atoms with Crippen LogP contribution in [0.2, 0.25) is 0 Å². The minimum absolute atomic E-state index is 0.272. The van der Waals surface area contributed by atoms with E-state index in [-0.39, 0.29) is 12.2 Å². The van der Waals surface area contributed by atoms with Crippen LogP contribution in [0.3, 0.4) is 0 Å². The number of fused-ring (bicyclic) bond motifs is 2. The third-order valence-corrected chi connectivity index (χ3v) is 5.91. The fourth-order valence-electron chi connectivity index (χ4n) is 4.22. The van der Waals surface area contributed by atoms with Crippen LogP contribution in [-0.2, 0) is 18.9 Å². The zero-order valence-corrected chi connectivity index (χ0v) is 17.8. The van der Waals surface area contributed by atoms with E-state index in [4.69, 9.17) is 23.4 Å². The normalized spacial score (nSPS) is 30.1. The summed E-state index contributed by atoms with van der Waals surface area (Å²) in [7, 11) is 1.52. The third-order valence-electron chi connectivity index (χ3n) is 5.91. The number of aliphatic hydroxyl groups is 1. The molecule has 3 aromatic rings. The molecule has 0 aliphatic carbocycles. The first-order valence-electron chi connectivity index (χ1n) is 10.5. The van der Waals surface area contributed by atoms with Crippen LogP contribution in [0.5, 0.6) is 0 Å². The summed E-state index contributed by atoms with van der Waals surface area (Å²) < 4.78 is 28.8. The van der Waals surface area contributed by atoms with E-state index in [0.29, 0.717) is 16.8 Å². The fourth-order valence-corrected chi connectivity index (χ4v) is 4.22. The van der Waals surface area contributed by atoms with Gasteiger partial charge in [-0.1, -0.05) is 30.3 Å². The lowest BCUT2D eigenvalue weighted by atomic mass is 9.95. The molecule has 32 heavy (non-hydrogen) atoms. The maximum Gasteiger partial charge on any atom is 0.339 e. The topological polar surface area (TPSA) is 99.4 Å². The molecule has 2 N–H and O–H groups in total. The lowest BCUT2D eigenvalue weighted by Gasteiger charge is -2.47. The molecule has 2 saturated heterocycles. The standard InChI is InChI=1S/C24H25NO7/c1-13-10-15-8-9-16(11-17(15)30-22(13)27)25-19-20(26)21-18(31-24(19)28-2)12-29-23(32-21)14-6-4-3-5-7-14/h3-11,18-21,23-26H,12H2,1-2H3/t18?,19?,20-,21-,23?,24+/m1/s1. The van der Waals surface area contributed by atoms with Gasteiger partial charge in [-0.05, 0) is 25.1 Å². The van der Waals surface area contributed by atoms with Gasteiger partial charge in [-0.25, -0.2) is 4.79 Å². The Morgan fingerprint density at radius 3 is 2.69 bits per heavy atom. The highest BCUT2D eigenvalue weighted by Crippen LogP contribution is 2.35. The number of methoxy groups -OCH3 is 1. The number of aryl methyl sites for hydroxylation is 1. The zero-order valence-electron chi connectivity index (χ0n) is 17.8. The second-order valence-electron chi connectivity index (χ2n) is 8.09. The monoisotopic (exact) mass is 439 g/mol. The summed E-state index contributed by atoms with van der Waals surface area (Å²) in [5, 5.41) is 15.3. The largest absolute Gasteiger partial charge is 0.422 e. The van der Waals surface area contributed by atoms with Gasteiger partial charge in [0, 0.05) is 35.4 Å². The maximum atomic E-state index is 11.9. The minimum atomic E-state index is -0.936. The predicted octanol–water partition coefficient (Wildman–Crippen LogP) is 2.73. The first-order chi connectivity index (χ1) is 15.5. The Labute approximate surface area is 184 Å². The highest BCUT2D eigenvalue weighted by atomic mass is 16.7. The van der Waals surface area contributed by atoms with Crippen LogP contribution in [0.1, 0.15) is 17.4 Å². The average molecular weight is 439 g/mol. The Morgan fingerprint density at radius 2 is 1.91 bits per heavy atom. The van der Waals surface area contributed by atoms with Crippen molar-refractivity contribution in [3.05, 3.63) is 76.1 Å². The van der Waals surface area contributed by atoms with Crippen molar-refractivity contribution in [3.8, 4) is 0 Å². The Hall–Kier alpha value is -2.75. The molecule has 5 rings (SSSR count). The van der Waals surface area contributed by atoms with E-state index in [1.54, 1.807) is 19.1 Å². The Balaban J connectivity index is 1.39. The molecule has 0 amide bonds. The molecule has 2 aromatic carbocycles. The van der Waals surface area contributed by atoms with Gasteiger partial charge in [0.25, 0.3) is 0 Å². The van der Waals surface area contributed by atoms with Gasteiger partial charge in [0.2, 0.25) is 0 Å². The van der Waals surface area contributed by atoms with Crippen LogP contribution >= 0.6 is 0 Å². The second-order valence-corrected chi connectivity index (χ2v) is 8.09. The number of ether oxygens (including phenoxy) is 4. The molecule has 0 radical (unpaired) electrons. The van der Waals surface area contributed by atoms with Crippen molar-refractivity contribution in [2.45, 2.75) is 43.9 Å². The molecule has 0 spiro atoms. The van der Waals surface area contributed by atoms with Crippen molar-refractivity contribution in [1.82, 2.24) is 0 Å². The van der Waals surface area contributed by atoms with Crippen molar-refractivity contribution < 1.29 is 28.5 Å². The first kappa shape index (κ1) is 21.1. The molecule has 3 unspecified atom stereocenters. The van der Waals surface area contributed by atoms with Crippen LogP contribution in [0.4, 0.5) is 5.69 Å². The summed E-state index contributed by atoms with van der Waals surface area (Å²) in [6.45, 7) is 1.98. The number of aliphatic hydroxyl groups excluding tert-OH is 1. The quantitative estimate of drug-likeness (QED) is 0.599. The van der Waals surface area contributed by atoms with Crippen molar-refractivity contribution in [3.63, 3.8) is 0 Å². The van der Waals surface area contributed by atoms with Gasteiger partial charge in [0.1, 0.15) is 29.9 Å². The number of anilines is 1. The minimum Gasteiger partial charge on any atom is -0.422 e. The van der Waals surface area contributed by atoms with E-state index < -0.39 is 36.9 Å². The summed E-state index contributed by atoms with van der Waals surface area (Å²) in [4.78, 5) is 11.9. The molecule has 0 saturated carbocycles. The molecule has 0 bridgehead atoms. The van der Waals surface area contributed by atoms with Gasteiger partial charge in [-0.15, -0.1) is 0 Å². The summed E-state index contributed by atoms with van der Waals surface area (Å²) in [5.41, 5.74) is 2.15. The highest BCUT2D eigenvalue weighted by Gasteiger charge is 2.49. The lowest BCUT2D eigenvalue weighted by molar-refractivity contribution is -0.337. The third kappa shape index (κ3) is 3.92. The van der Waals surface area contributed by atoms with Crippen LogP contribution in [0, 0.1) is 6.92 Å².